The van der Waals surface area contributed by atoms with Gasteiger partial charge in [0.2, 0.25) is 0 Å². The molecule has 10 rings (SSSR count). The molecule has 10 aromatic rings. The van der Waals surface area contributed by atoms with E-state index in [1.54, 1.807) is 0 Å². The highest BCUT2D eigenvalue weighted by Gasteiger charge is 2.19. The SMILES string of the molecule is c1ccc(-c2ccc(N(c3ccc(-c4ccccc4)cc3)c3cccc(-c4cccc5c4c4ccccc4n5-c4cccc5ccccc45)c3)cc2)cc1. The Morgan fingerprint density at radius 2 is 0.815 bits per heavy atom. The summed E-state index contributed by atoms with van der Waals surface area (Å²) in [5.74, 6) is 0. The summed E-state index contributed by atoms with van der Waals surface area (Å²) < 4.78 is 2.44. The first-order valence-electron chi connectivity index (χ1n) is 18.5. The molecule has 0 aliphatic rings. The average molecular weight is 689 g/mol. The summed E-state index contributed by atoms with van der Waals surface area (Å²) in [6.07, 6.45) is 0. The lowest BCUT2D eigenvalue weighted by Gasteiger charge is -2.26. The van der Waals surface area contributed by atoms with Gasteiger partial charge in [-0.15, -0.1) is 0 Å². The second kappa shape index (κ2) is 13.4. The van der Waals surface area contributed by atoms with Crippen molar-refractivity contribution in [2.75, 3.05) is 4.90 Å². The molecule has 0 saturated carbocycles. The van der Waals surface area contributed by atoms with Gasteiger partial charge in [-0.1, -0.05) is 164 Å². The molecular weight excluding hydrogens is 653 g/mol. The molecule has 0 bridgehead atoms. The van der Waals surface area contributed by atoms with E-state index in [9.17, 15) is 0 Å². The molecule has 9 aromatic carbocycles. The number of para-hydroxylation sites is 1. The lowest BCUT2D eigenvalue weighted by atomic mass is 9.98. The van der Waals surface area contributed by atoms with Crippen LogP contribution in [0.25, 0.3) is 71.6 Å². The Labute approximate surface area is 315 Å². The zero-order chi connectivity index (χ0) is 35.8. The first kappa shape index (κ1) is 31.6. The molecule has 0 aliphatic heterocycles. The van der Waals surface area contributed by atoms with E-state index < -0.39 is 0 Å². The van der Waals surface area contributed by atoms with Gasteiger partial charge >= 0.3 is 0 Å². The maximum absolute atomic E-state index is 2.44. The maximum Gasteiger partial charge on any atom is 0.0547 e. The zero-order valence-corrected chi connectivity index (χ0v) is 29.7. The van der Waals surface area contributed by atoms with E-state index in [2.05, 4.69) is 228 Å². The Morgan fingerprint density at radius 3 is 1.50 bits per heavy atom. The van der Waals surface area contributed by atoms with Crippen molar-refractivity contribution < 1.29 is 0 Å². The molecule has 0 fully saturated rings. The first-order valence-corrected chi connectivity index (χ1v) is 18.5. The van der Waals surface area contributed by atoms with Crippen LogP contribution in [0, 0.1) is 0 Å². The molecular formula is C52H36N2. The number of aromatic nitrogens is 1. The van der Waals surface area contributed by atoms with Crippen molar-refractivity contribution in [1.82, 2.24) is 4.57 Å². The van der Waals surface area contributed by atoms with Crippen LogP contribution in [0.1, 0.15) is 0 Å². The van der Waals surface area contributed by atoms with E-state index in [1.807, 2.05) is 0 Å². The van der Waals surface area contributed by atoms with Gasteiger partial charge in [0, 0.05) is 33.2 Å². The molecule has 0 atom stereocenters. The molecule has 0 aliphatic carbocycles. The highest BCUT2D eigenvalue weighted by molar-refractivity contribution is 6.16. The predicted molar refractivity (Wildman–Crippen MR) is 229 cm³/mol. The number of rotatable bonds is 7. The van der Waals surface area contributed by atoms with Crippen LogP contribution in [0.15, 0.2) is 218 Å². The fraction of sp³-hybridized carbons (Fsp3) is 0. The van der Waals surface area contributed by atoms with Gasteiger partial charge < -0.3 is 9.47 Å². The molecule has 0 amide bonds. The van der Waals surface area contributed by atoms with Crippen LogP contribution < -0.4 is 4.90 Å². The van der Waals surface area contributed by atoms with Crippen molar-refractivity contribution in [2.24, 2.45) is 0 Å². The normalized spacial score (nSPS) is 11.3. The monoisotopic (exact) mass is 688 g/mol. The van der Waals surface area contributed by atoms with Crippen LogP contribution in [0.5, 0.6) is 0 Å². The standard InChI is InChI=1S/C52H36N2/c1-3-14-37(15-4-1)39-28-32-43(33-29-39)53(44-34-30-40(31-35-44)38-16-5-2-6-17-38)45-21-11-20-42(36-45)47-24-13-27-51-52(47)48-23-9-10-25-50(48)54(51)49-26-12-19-41-18-7-8-22-46(41)49/h1-36H. The number of hydrogen-bond donors (Lipinski definition) is 0. The minimum atomic E-state index is 1.10. The van der Waals surface area contributed by atoms with Crippen LogP contribution in [-0.2, 0) is 0 Å². The van der Waals surface area contributed by atoms with Crippen molar-refractivity contribution in [3.8, 4) is 39.1 Å². The van der Waals surface area contributed by atoms with Crippen LogP contribution in [0.2, 0.25) is 0 Å². The van der Waals surface area contributed by atoms with Gasteiger partial charge in [-0.3, -0.25) is 0 Å². The van der Waals surface area contributed by atoms with Crippen molar-refractivity contribution in [3.63, 3.8) is 0 Å². The summed E-state index contributed by atoms with van der Waals surface area (Å²) in [5.41, 5.74) is 14.1. The lowest BCUT2D eigenvalue weighted by molar-refractivity contribution is 1.20. The molecule has 1 aromatic heterocycles. The summed E-state index contributed by atoms with van der Waals surface area (Å²) in [4.78, 5) is 2.37. The van der Waals surface area contributed by atoms with Gasteiger partial charge in [0.15, 0.2) is 0 Å². The van der Waals surface area contributed by atoms with Gasteiger partial charge in [-0.25, -0.2) is 0 Å². The van der Waals surface area contributed by atoms with Gasteiger partial charge in [0.05, 0.1) is 16.7 Å². The molecule has 0 N–H and O–H groups in total. The highest BCUT2D eigenvalue weighted by atomic mass is 15.1. The molecule has 0 spiro atoms. The maximum atomic E-state index is 2.44. The van der Waals surface area contributed by atoms with E-state index in [0.29, 0.717) is 0 Å². The van der Waals surface area contributed by atoms with E-state index in [0.717, 1.165) is 17.1 Å². The number of anilines is 3. The van der Waals surface area contributed by atoms with Crippen LogP contribution in [0.3, 0.4) is 0 Å². The molecule has 0 radical (unpaired) electrons. The third kappa shape index (κ3) is 5.53. The zero-order valence-electron chi connectivity index (χ0n) is 29.7. The minimum Gasteiger partial charge on any atom is -0.310 e. The van der Waals surface area contributed by atoms with Crippen molar-refractivity contribution in [1.29, 1.82) is 0 Å². The van der Waals surface area contributed by atoms with Crippen LogP contribution in [-0.4, -0.2) is 4.57 Å². The Balaban J connectivity index is 1.13. The molecule has 0 unspecified atom stereocenters. The summed E-state index contributed by atoms with van der Waals surface area (Å²) in [6, 6.07) is 78.8. The molecule has 1 heterocycles. The van der Waals surface area contributed by atoms with Gasteiger partial charge in [0.25, 0.3) is 0 Å². The Bertz CT molecular complexity index is 2820. The second-order valence-electron chi connectivity index (χ2n) is 13.8. The van der Waals surface area contributed by atoms with E-state index in [4.69, 9.17) is 0 Å². The third-order valence-electron chi connectivity index (χ3n) is 10.6. The van der Waals surface area contributed by atoms with E-state index in [-0.39, 0.29) is 0 Å². The number of nitrogens with zero attached hydrogens (tertiary/aromatic N) is 2. The second-order valence-corrected chi connectivity index (χ2v) is 13.8. The minimum absolute atomic E-state index is 1.10. The fourth-order valence-corrected chi connectivity index (χ4v) is 8.05. The van der Waals surface area contributed by atoms with E-state index >= 15 is 0 Å². The third-order valence-corrected chi connectivity index (χ3v) is 10.6. The summed E-state index contributed by atoms with van der Waals surface area (Å²) in [7, 11) is 0. The predicted octanol–water partition coefficient (Wildman–Crippen LogP) is 14.4. The quantitative estimate of drug-likeness (QED) is 0.162. The summed E-state index contributed by atoms with van der Waals surface area (Å²) >= 11 is 0. The van der Waals surface area contributed by atoms with Crippen LogP contribution in [0.4, 0.5) is 17.1 Å². The molecule has 254 valence electrons. The van der Waals surface area contributed by atoms with Gasteiger partial charge in [0.1, 0.15) is 0 Å². The van der Waals surface area contributed by atoms with Crippen molar-refractivity contribution in [2.45, 2.75) is 0 Å². The Hall–Kier alpha value is -7.16. The summed E-state index contributed by atoms with van der Waals surface area (Å²) in [5, 5.41) is 4.97. The molecule has 2 nitrogen and oxygen atoms in total. The summed E-state index contributed by atoms with van der Waals surface area (Å²) in [6.45, 7) is 0. The van der Waals surface area contributed by atoms with Crippen LogP contribution >= 0.6 is 0 Å². The molecule has 54 heavy (non-hydrogen) atoms. The Morgan fingerprint density at radius 1 is 0.315 bits per heavy atom. The largest absolute Gasteiger partial charge is 0.310 e. The average Bonchev–Trinajstić information content (AvgIpc) is 3.59. The van der Waals surface area contributed by atoms with Gasteiger partial charge in [-0.05, 0) is 93.4 Å². The first-order chi connectivity index (χ1) is 26.8. The Kier molecular flexibility index (Phi) is 7.85. The number of benzene rings is 9. The highest BCUT2D eigenvalue weighted by Crippen LogP contribution is 2.42. The fourth-order valence-electron chi connectivity index (χ4n) is 8.05. The van der Waals surface area contributed by atoms with Crippen molar-refractivity contribution in [3.05, 3.63) is 218 Å². The topological polar surface area (TPSA) is 8.17 Å². The smallest absolute Gasteiger partial charge is 0.0547 e. The van der Waals surface area contributed by atoms with Crippen molar-refractivity contribution >= 4 is 49.6 Å². The molecule has 0 saturated heterocycles. The number of hydrogen-bond acceptors (Lipinski definition) is 1. The lowest BCUT2D eigenvalue weighted by Crippen LogP contribution is -2.10. The van der Waals surface area contributed by atoms with Gasteiger partial charge in [-0.2, -0.15) is 0 Å². The number of fused-ring (bicyclic) bond motifs is 4. The van der Waals surface area contributed by atoms with E-state index in [1.165, 1.54) is 71.6 Å². The molecule has 2 heteroatoms.